The van der Waals surface area contributed by atoms with Crippen LogP contribution in [0.5, 0.6) is 0 Å². The highest BCUT2D eigenvalue weighted by molar-refractivity contribution is 7.80. The summed E-state index contributed by atoms with van der Waals surface area (Å²) in [6.07, 6.45) is 0. The highest BCUT2D eigenvalue weighted by atomic mass is 35.5. The second-order valence-corrected chi connectivity index (χ2v) is 1.46. The molecule has 0 spiro atoms. The number of carbonyl (C=O) groups excluding carboxylic acids is 1. The molecule has 0 bridgehead atoms. The molecule has 0 aliphatic heterocycles. The molecule has 11 heavy (non-hydrogen) atoms. The minimum absolute atomic E-state index is 0. The lowest BCUT2D eigenvalue weighted by Gasteiger charge is -1.85. The molecule has 10 N–H and O–H groups in total. The first-order valence-electron chi connectivity index (χ1n) is 2.06. The molecular weight excluding hydrogens is 192 g/mol. The van der Waals surface area contributed by atoms with Crippen LogP contribution in [0.15, 0.2) is 0 Å². The van der Waals surface area contributed by atoms with Gasteiger partial charge in [0.15, 0.2) is 5.11 Å². The van der Waals surface area contributed by atoms with E-state index in [-0.39, 0.29) is 17.5 Å². The normalized spacial score (nSPS) is 6.00. The molecule has 0 radical (unpaired) electrons. The SMILES string of the molecule is Cl.NNC(N)=O.NNC(N)=S. The summed E-state index contributed by atoms with van der Waals surface area (Å²) in [5, 5.41) is 0.116. The predicted molar refractivity (Wildman–Crippen MR) is 48.3 cm³/mol. The lowest BCUT2D eigenvalue weighted by molar-refractivity contribution is 0.249. The minimum Gasteiger partial charge on any atom is -0.375 e. The number of hydrogen-bond acceptors (Lipinski definition) is 4. The molecule has 0 unspecified atom stereocenters. The van der Waals surface area contributed by atoms with Crippen molar-refractivity contribution in [2.75, 3.05) is 0 Å². The Bertz CT molecular complexity index is 105. The number of nitrogens with one attached hydrogen (secondary N) is 2. The van der Waals surface area contributed by atoms with Gasteiger partial charge in [0.2, 0.25) is 0 Å². The van der Waals surface area contributed by atoms with E-state index >= 15 is 0 Å². The van der Waals surface area contributed by atoms with Gasteiger partial charge in [0.1, 0.15) is 0 Å². The van der Waals surface area contributed by atoms with Crippen LogP contribution < -0.4 is 34.0 Å². The summed E-state index contributed by atoms with van der Waals surface area (Å²) in [4.78, 5) is 9.35. The zero-order chi connectivity index (χ0) is 8.57. The Morgan fingerprint density at radius 3 is 1.36 bits per heavy atom. The van der Waals surface area contributed by atoms with Crippen LogP contribution in [0, 0.1) is 0 Å². The third kappa shape index (κ3) is 46.9. The molecule has 0 aliphatic carbocycles. The number of rotatable bonds is 0. The van der Waals surface area contributed by atoms with E-state index in [1.165, 1.54) is 0 Å². The fourth-order valence-electron chi connectivity index (χ4n) is 0. The van der Waals surface area contributed by atoms with Crippen molar-refractivity contribution in [3.63, 3.8) is 0 Å². The Kier molecular flexibility index (Phi) is 18.0. The van der Waals surface area contributed by atoms with Crippen molar-refractivity contribution in [1.82, 2.24) is 10.9 Å². The molecule has 0 aliphatic rings. The van der Waals surface area contributed by atoms with E-state index in [1.807, 2.05) is 5.43 Å². The van der Waals surface area contributed by atoms with Gasteiger partial charge in [0.25, 0.3) is 0 Å². The molecule has 0 aromatic heterocycles. The molecule has 0 saturated carbocycles. The van der Waals surface area contributed by atoms with Gasteiger partial charge in [-0.15, -0.1) is 12.4 Å². The topological polar surface area (TPSA) is 145 Å². The van der Waals surface area contributed by atoms with Gasteiger partial charge in [0, 0.05) is 0 Å². The monoisotopic (exact) mass is 202 g/mol. The molecular formula is C2H11ClN6OS. The van der Waals surface area contributed by atoms with Crippen LogP contribution in [0.2, 0.25) is 0 Å². The van der Waals surface area contributed by atoms with Crippen LogP contribution in [0.1, 0.15) is 0 Å². The van der Waals surface area contributed by atoms with E-state index in [1.54, 1.807) is 5.43 Å². The fraction of sp³-hybridized carbons (Fsp3) is 0. The van der Waals surface area contributed by atoms with Crippen molar-refractivity contribution in [3.05, 3.63) is 0 Å². The van der Waals surface area contributed by atoms with E-state index < -0.39 is 6.03 Å². The maximum atomic E-state index is 9.35. The van der Waals surface area contributed by atoms with Crippen LogP contribution in [0.4, 0.5) is 4.79 Å². The summed E-state index contributed by atoms with van der Waals surface area (Å²) in [6, 6.07) is -0.718. The van der Waals surface area contributed by atoms with Crippen LogP contribution in [0.25, 0.3) is 0 Å². The Morgan fingerprint density at radius 2 is 1.36 bits per heavy atom. The zero-order valence-corrected chi connectivity index (χ0v) is 7.17. The molecule has 0 aromatic carbocycles. The van der Waals surface area contributed by atoms with E-state index in [4.69, 9.17) is 5.73 Å². The summed E-state index contributed by atoms with van der Waals surface area (Å²) in [7, 11) is 0. The lowest BCUT2D eigenvalue weighted by atomic mass is 11.2. The number of hydrogen-bond donors (Lipinski definition) is 6. The maximum Gasteiger partial charge on any atom is 0.326 e. The van der Waals surface area contributed by atoms with E-state index in [0.29, 0.717) is 0 Å². The number of urea groups is 1. The van der Waals surface area contributed by atoms with E-state index in [0.717, 1.165) is 0 Å². The number of hydrazine groups is 2. The van der Waals surface area contributed by atoms with E-state index in [9.17, 15) is 4.79 Å². The Balaban J connectivity index is -0.000000107. The van der Waals surface area contributed by atoms with Gasteiger partial charge in [-0.3, -0.25) is 5.43 Å². The second kappa shape index (κ2) is 11.9. The average Bonchev–Trinajstić information content (AvgIpc) is 1.89. The molecule has 9 heteroatoms. The van der Waals surface area contributed by atoms with Crippen molar-refractivity contribution in [3.8, 4) is 0 Å². The van der Waals surface area contributed by atoms with Crippen LogP contribution >= 0.6 is 24.6 Å². The van der Waals surface area contributed by atoms with Crippen LogP contribution in [0.3, 0.4) is 0 Å². The van der Waals surface area contributed by atoms with Crippen molar-refractivity contribution in [2.45, 2.75) is 0 Å². The third-order valence-electron chi connectivity index (χ3n) is 0.285. The van der Waals surface area contributed by atoms with Gasteiger partial charge in [-0.05, 0) is 12.2 Å². The van der Waals surface area contributed by atoms with Gasteiger partial charge in [-0.1, -0.05) is 0 Å². The Hall–Kier alpha value is -0.830. The van der Waals surface area contributed by atoms with Crippen molar-refractivity contribution >= 4 is 35.8 Å². The molecule has 0 heterocycles. The number of carbonyl (C=O) groups is 1. The summed E-state index contributed by atoms with van der Waals surface area (Å²) in [5.74, 6) is 9.10. The predicted octanol–water partition coefficient (Wildman–Crippen LogP) is -2.36. The van der Waals surface area contributed by atoms with Crippen molar-refractivity contribution < 1.29 is 4.79 Å². The lowest BCUT2D eigenvalue weighted by Crippen LogP contribution is -2.34. The molecule has 68 valence electrons. The fourth-order valence-corrected chi connectivity index (χ4v) is 0. The van der Waals surface area contributed by atoms with Gasteiger partial charge in [0.05, 0.1) is 0 Å². The number of primary amides is 1. The molecule has 7 nitrogen and oxygen atoms in total. The maximum absolute atomic E-state index is 9.35. The highest BCUT2D eigenvalue weighted by Crippen LogP contribution is 1.40. The number of amides is 2. The quantitative estimate of drug-likeness (QED) is 0.112. The van der Waals surface area contributed by atoms with Crippen molar-refractivity contribution in [1.29, 1.82) is 0 Å². The van der Waals surface area contributed by atoms with E-state index in [2.05, 4.69) is 29.6 Å². The number of thiocarbonyl (C=S) groups is 1. The molecule has 0 fully saturated rings. The summed E-state index contributed by atoms with van der Waals surface area (Å²) in [5.41, 5.74) is 12.9. The minimum atomic E-state index is -0.718. The van der Waals surface area contributed by atoms with Gasteiger partial charge in [-0.25, -0.2) is 16.5 Å². The zero-order valence-electron chi connectivity index (χ0n) is 5.53. The number of halogens is 1. The smallest absolute Gasteiger partial charge is 0.326 e. The average molecular weight is 203 g/mol. The molecule has 0 rings (SSSR count). The van der Waals surface area contributed by atoms with Crippen LogP contribution in [-0.2, 0) is 0 Å². The van der Waals surface area contributed by atoms with Crippen molar-refractivity contribution in [2.24, 2.45) is 23.2 Å². The standard InChI is InChI=1S/CH5N3O.CH5N3S.ClH/c2*2-1(5)4-3;/h2*3H2,(H3,2,4,5);1H. The largest absolute Gasteiger partial charge is 0.375 e. The van der Waals surface area contributed by atoms with Crippen LogP contribution in [-0.4, -0.2) is 11.1 Å². The third-order valence-corrected chi connectivity index (χ3v) is 0.402. The molecule has 0 atom stereocenters. The molecule has 0 saturated heterocycles. The summed E-state index contributed by atoms with van der Waals surface area (Å²) in [6.45, 7) is 0. The second-order valence-electron chi connectivity index (χ2n) is 1.02. The first kappa shape index (κ1) is 16.6. The first-order valence-corrected chi connectivity index (χ1v) is 2.47. The molecule has 2 amide bonds. The Labute approximate surface area is 75.2 Å². The summed E-state index contributed by atoms with van der Waals surface area (Å²) < 4.78 is 0. The summed E-state index contributed by atoms with van der Waals surface area (Å²) >= 11 is 4.24. The van der Waals surface area contributed by atoms with Gasteiger partial charge >= 0.3 is 6.03 Å². The molecule has 0 aromatic rings. The highest BCUT2D eigenvalue weighted by Gasteiger charge is 1.73. The first-order chi connectivity index (χ1) is 4.54. The van der Waals surface area contributed by atoms with Gasteiger partial charge < -0.3 is 16.9 Å². The number of nitrogens with two attached hydrogens (primary N) is 4. The Morgan fingerprint density at radius 1 is 1.18 bits per heavy atom. The van der Waals surface area contributed by atoms with Gasteiger partial charge in [-0.2, -0.15) is 0 Å².